The summed E-state index contributed by atoms with van der Waals surface area (Å²) in [5, 5.41) is 10.6. The molecule has 1 atom stereocenters. The lowest BCUT2D eigenvalue weighted by atomic mass is 9.78. The normalized spacial score (nSPS) is 20.5. The summed E-state index contributed by atoms with van der Waals surface area (Å²) in [5.74, 6) is 0.448. The van der Waals surface area contributed by atoms with E-state index in [1.165, 1.54) is 11.3 Å². The standard InChI is InChI=1S/C18H26N2O2/c1-12(2)20-17-9-13(3)15(7-8-19(21)22)10-16(17)14(4)11-18(20,5)6/h7-10,12,14H,11H2,1-6H3/b8-7-. The number of anilines is 1. The molecule has 1 aliphatic rings. The molecule has 1 aromatic carbocycles. The number of hydrogen-bond donors (Lipinski definition) is 0. The van der Waals surface area contributed by atoms with Crippen LogP contribution in [0.15, 0.2) is 18.3 Å². The number of fused-ring (bicyclic) bond motifs is 1. The molecule has 0 N–H and O–H groups in total. The third kappa shape index (κ3) is 3.01. The van der Waals surface area contributed by atoms with Crippen molar-refractivity contribution >= 4 is 11.8 Å². The highest BCUT2D eigenvalue weighted by molar-refractivity contribution is 5.67. The van der Waals surface area contributed by atoms with Gasteiger partial charge in [0.15, 0.2) is 0 Å². The molecule has 0 radical (unpaired) electrons. The molecule has 4 heteroatoms. The minimum Gasteiger partial charge on any atom is -0.364 e. The summed E-state index contributed by atoms with van der Waals surface area (Å²) in [4.78, 5) is 12.6. The predicted molar refractivity (Wildman–Crippen MR) is 91.9 cm³/mol. The first-order valence-electron chi connectivity index (χ1n) is 7.89. The average molecular weight is 302 g/mol. The lowest BCUT2D eigenvalue weighted by Crippen LogP contribution is -2.51. The largest absolute Gasteiger partial charge is 0.364 e. The van der Waals surface area contributed by atoms with Gasteiger partial charge in [-0.2, -0.15) is 0 Å². The summed E-state index contributed by atoms with van der Waals surface area (Å²) < 4.78 is 0. The van der Waals surface area contributed by atoms with E-state index >= 15 is 0 Å². The molecule has 120 valence electrons. The first kappa shape index (κ1) is 16.5. The Bertz CT molecular complexity index is 618. The molecule has 1 aromatic rings. The molecule has 0 bridgehead atoms. The Morgan fingerprint density at radius 3 is 2.59 bits per heavy atom. The van der Waals surface area contributed by atoms with E-state index in [4.69, 9.17) is 0 Å². The molecule has 0 saturated heterocycles. The molecular formula is C18H26N2O2. The molecule has 0 fully saturated rings. The maximum absolute atomic E-state index is 10.6. The van der Waals surface area contributed by atoms with Gasteiger partial charge in [0.2, 0.25) is 6.20 Å². The van der Waals surface area contributed by atoms with Gasteiger partial charge in [0.25, 0.3) is 0 Å². The Morgan fingerprint density at radius 1 is 1.41 bits per heavy atom. The van der Waals surface area contributed by atoms with Crippen molar-refractivity contribution in [3.8, 4) is 0 Å². The summed E-state index contributed by atoms with van der Waals surface area (Å²) in [6.07, 6.45) is 3.70. The highest BCUT2D eigenvalue weighted by atomic mass is 16.6. The molecule has 2 rings (SSSR count). The van der Waals surface area contributed by atoms with Gasteiger partial charge in [-0.05, 0) is 75.8 Å². The molecule has 22 heavy (non-hydrogen) atoms. The number of nitro groups is 1. The fourth-order valence-electron chi connectivity index (χ4n) is 3.91. The molecule has 0 amide bonds. The van der Waals surface area contributed by atoms with Crippen LogP contribution in [0.25, 0.3) is 6.08 Å². The summed E-state index contributed by atoms with van der Waals surface area (Å²) in [7, 11) is 0. The quantitative estimate of drug-likeness (QED) is 0.598. The van der Waals surface area contributed by atoms with Crippen LogP contribution in [-0.2, 0) is 0 Å². The van der Waals surface area contributed by atoms with Gasteiger partial charge in [0.1, 0.15) is 0 Å². The highest BCUT2D eigenvalue weighted by Gasteiger charge is 2.37. The number of hydrogen-bond acceptors (Lipinski definition) is 3. The molecule has 0 spiro atoms. The van der Waals surface area contributed by atoms with Crippen LogP contribution in [0.4, 0.5) is 5.69 Å². The highest BCUT2D eigenvalue weighted by Crippen LogP contribution is 2.45. The van der Waals surface area contributed by atoms with Gasteiger partial charge in [0, 0.05) is 23.3 Å². The lowest BCUT2D eigenvalue weighted by Gasteiger charge is -2.50. The smallest absolute Gasteiger partial charge is 0.235 e. The summed E-state index contributed by atoms with van der Waals surface area (Å²) in [6.45, 7) is 13.3. The molecule has 0 aliphatic carbocycles. The second-order valence-electron chi connectivity index (χ2n) is 7.25. The van der Waals surface area contributed by atoms with E-state index in [0.717, 1.165) is 23.7 Å². The van der Waals surface area contributed by atoms with Gasteiger partial charge in [-0.3, -0.25) is 10.1 Å². The Kier molecular flexibility index (Phi) is 4.32. The van der Waals surface area contributed by atoms with Gasteiger partial charge in [0.05, 0.1) is 4.92 Å². The Labute approximate surface area is 133 Å². The first-order valence-corrected chi connectivity index (χ1v) is 7.89. The van der Waals surface area contributed by atoms with E-state index in [9.17, 15) is 10.1 Å². The Hall–Kier alpha value is -1.84. The van der Waals surface area contributed by atoms with Crippen molar-refractivity contribution in [3.63, 3.8) is 0 Å². The van der Waals surface area contributed by atoms with Crippen molar-refractivity contribution in [1.29, 1.82) is 0 Å². The van der Waals surface area contributed by atoms with Gasteiger partial charge in [-0.1, -0.05) is 6.92 Å². The minimum atomic E-state index is -0.411. The number of nitrogens with zero attached hydrogens (tertiary/aromatic N) is 2. The van der Waals surface area contributed by atoms with Crippen molar-refractivity contribution in [2.45, 2.75) is 65.5 Å². The van der Waals surface area contributed by atoms with E-state index in [1.807, 2.05) is 6.92 Å². The summed E-state index contributed by atoms with van der Waals surface area (Å²) in [6, 6.07) is 4.73. The van der Waals surface area contributed by atoms with Crippen molar-refractivity contribution in [1.82, 2.24) is 0 Å². The zero-order valence-corrected chi connectivity index (χ0v) is 14.4. The van der Waals surface area contributed by atoms with E-state index in [2.05, 4.69) is 51.7 Å². The van der Waals surface area contributed by atoms with Gasteiger partial charge < -0.3 is 4.90 Å². The van der Waals surface area contributed by atoms with Gasteiger partial charge in [-0.15, -0.1) is 0 Å². The van der Waals surface area contributed by atoms with Crippen molar-refractivity contribution in [2.24, 2.45) is 0 Å². The fraction of sp³-hybridized carbons (Fsp3) is 0.556. The first-order chi connectivity index (χ1) is 10.1. The maximum atomic E-state index is 10.6. The minimum absolute atomic E-state index is 0.116. The Morgan fingerprint density at radius 2 is 2.05 bits per heavy atom. The van der Waals surface area contributed by atoms with Crippen molar-refractivity contribution in [2.75, 3.05) is 4.90 Å². The monoisotopic (exact) mass is 302 g/mol. The van der Waals surface area contributed by atoms with Gasteiger partial charge in [-0.25, -0.2) is 0 Å². The number of benzene rings is 1. The summed E-state index contributed by atoms with van der Waals surface area (Å²) in [5.41, 5.74) is 4.69. The lowest BCUT2D eigenvalue weighted by molar-refractivity contribution is -0.400. The molecule has 0 saturated carbocycles. The molecule has 1 heterocycles. The van der Waals surface area contributed by atoms with Crippen LogP contribution in [0.1, 0.15) is 63.6 Å². The maximum Gasteiger partial charge on any atom is 0.235 e. The van der Waals surface area contributed by atoms with Crippen LogP contribution < -0.4 is 4.90 Å². The molecule has 1 unspecified atom stereocenters. The zero-order chi connectivity index (χ0) is 16.7. The van der Waals surface area contributed by atoms with Crippen molar-refractivity contribution in [3.05, 3.63) is 45.1 Å². The number of rotatable bonds is 3. The van der Waals surface area contributed by atoms with Crippen LogP contribution in [0.5, 0.6) is 0 Å². The zero-order valence-electron chi connectivity index (χ0n) is 14.4. The second-order valence-corrected chi connectivity index (χ2v) is 7.25. The second kappa shape index (κ2) is 5.75. The van der Waals surface area contributed by atoms with Crippen LogP contribution in [0.3, 0.4) is 0 Å². The van der Waals surface area contributed by atoms with Crippen LogP contribution in [0.2, 0.25) is 0 Å². The molecule has 1 aliphatic heterocycles. The van der Waals surface area contributed by atoms with Crippen LogP contribution in [0, 0.1) is 17.0 Å². The van der Waals surface area contributed by atoms with Crippen LogP contribution in [-0.4, -0.2) is 16.5 Å². The Balaban J connectivity index is 2.58. The SMILES string of the molecule is Cc1cc2c(cc1/C=C\[N+](=O)[O-])C(C)CC(C)(C)N2C(C)C. The third-order valence-corrected chi connectivity index (χ3v) is 4.56. The number of aryl methyl sites for hydroxylation is 1. The summed E-state index contributed by atoms with van der Waals surface area (Å²) >= 11 is 0. The topological polar surface area (TPSA) is 46.4 Å². The fourth-order valence-corrected chi connectivity index (χ4v) is 3.91. The van der Waals surface area contributed by atoms with E-state index in [0.29, 0.717) is 12.0 Å². The molecule has 0 aromatic heterocycles. The van der Waals surface area contributed by atoms with E-state index in [1.54, 1.807) is 6.08 Å². The average Bonchev–Trinajstić information content (AvgIpc) is 2.34. The predicted octanol–water partition coefficient (Wildman–Crippen LogP) is 4.74. The van der Waals surface area contributed by atoms with E-state index in [-0.39, 0.29) is 5.54 Å². The van der Waals surface area contributed by atoms with Crippen LogP contribution >= 0.6 is 0 Å². The third-order valence-electron chi connectivity index (χ3n) is 4.56. The molecular weight excluding hydrogens is 276 g/mol. The van der Waals surface area contributed by atoms with Gasteiger partial charge >= 0.3 is 0 Å². The van der Waals surface area contributed by atoms with Crippen molar-refractivity contribution < 1.29 is 4.92 Å². The van der Waals surface area contributed by atoms with E-state index < -0.39 is 4.92 Å². The molecule has 4 nitrogen and oxygen atoms in total.